The number of amides is 2. The Labute approximate surface area is 200 Å². The zero-order chi connectivity index (χ0) is 24.2. The lowest BCUT2D eigenvalue weighted by molar-refractivity contribution is -0.134. The average molecular weight is 469 g/mol. The van der Waals surface area contributed by atoms with Gasteiger partial charge in [0.25, 0.3) is 5.91 Å². The minimum Gasteiger partial charge on any atom is -0.493 e. The van der Waals surface area contributed by atoms with E-state index in [0.29, 0.717) is 42.6 Å². The number of hydrogen-bond acceptors (Lipinski definition) is 6. The van der Waals surface area contributed by atoms with E-state index in [2.05, 4.69) is 0 Å². The van der Waals surface area contributed by atoms with Gasteiger partial charge in [-0.3, -0.25) is 14.5 Å². The van der Waals surface area contributed by atoms with Crippen molar-refractivity contribution >= 4 is 17.5 Å². The van der Waals surface area contributed by atoms with E-state index in [1.165, 1.54) is 4.90 Å². The van der Waals surface area contributed by atoms with Crippen molar-refractivity contribution in [3.05, 3.63) is 47.5 Å². The van der Waals surface area contributed by atoms with Gasteiger partial charge in [0.15, 0.2) is 17.6 Å². The van der Waals surface area contributed by atoms with Crippen LogP contribution in [0.3, 0.4) is 0 Å². The molecule has 0 N–H and O–H groups in total. The van der Waals surface area contributed by atoms with Crippen molar-refractivity contribution in [2.24, 2.45) is 0 Å². The normalized spacial score (nSPS) is 19.4. The first-order chi connectivity index (χ1) is 16.4. The van der Waals surface area contributed by atoms with E-state index in [9.17, 15) is 9.59 Å². The fourth-order valence-corrected chi connectivity index (χ4v) is 4.40. The molecule has 2 heterocycles. The second-order valence-electron chi connectivity index (χ2n) is 8.75. The second kappa shape index (κ2) is 10.3. The first kappa shape index (κ1) is 23.9. The van der Waals surface area contributed by atoms with Gasteiger partial charge in [0, 0.05) is 19.7 Å². The van der Waals surface area contributed by atoms with Gasteiger partial charge in [0.05, 0.1) is 26.0 Å². The third-order valence-electron chi connectivity index (χ3n) is 6.24. The number of fused-ring (bicyclic) bond motifs is 1. The standard InChI is InChI=1S/C26H32N2O6/c1-17-7-9-22-21(12-17)28(26(30)18(2)34-22)16-25(29)27(15-20-6-5-11-33-20)14-19-8-10-23(31-3)24(13-19)32-4/h7-10,12-13,18,20H,5-6,11,14-16H2,1-4H3/t18-,20-/m1/s1. The van der Waals surface area contributed by atoms with Crippen LogP contribution in [0.15, 0.2) is 36.4 Å². The summed E-state index contributed by atoms with van der Waals surface area (Å²) >= 11 is 0. The highest BCUT2D eigenvalue weighted by Gasteiger charge is 2.34. The van der Waals surface area contributed by atoms with Crippen molar-refractivity contribution in [2.45, 2.75) is 45.4 Å². The predicted octanol–water partition coefficient (Wildman–Crippen LogP) is 3.33. The summed E-state index contributed by atoms with van der Waals surface area (Å²) in [5.41, 5.74) is 2.52. The zero-order valence-electron chi connectivity index (χ0n) is 20.2. The Kier molecular flexibility index (Phi) is 7.26. The van der Waals surface area contributed by atoms with Crippen molar-refractivity contribution in [1.29, 1.82) is 0 Å². The van der Waals surface area contributed by atoms with E-state index >= 15 is 0 Å². The molecule has 2 aromatic carbocycles. The summed E-state index contributed by atoms with van der Waals surface area (Å²) in [5.74, 6) is 1.46. The summed E-state index contributed by atoms with van der Waals surface area (Å²) in [6.45, 7) is 5.12. The summed E-state index contributed by atoms with van der Waals surface area (Å²) in [6, 6.07) is 11.3. The van der Waals surface area contributed by atoms with Crippen LogP contribution in [0.2, 0.25) is 0 Å². The average Bonchev–Trinajstić information content (AvgIpc) is 3.35. The molecule has 0 radical (unpaired) electrons. The Morgan fingerprint density at radius 2 is 1.94 bits per heavy atom. The van der Waals surface area contributed by atoms with Crippen LogP contribution in [-0.2, 0) is 20.9 Å². The topological polar surface area (TPSA) is 77.5 Å². The predicted molar refractivity (Wildman–Crippen MR) is 128 cm³/mol. The number of nitrogens with zero attached hydrogens (tertiary/aromatic N) is 2. The quantitative estimate of drug-likeness (QED) is 0.592. The maximum atomic E-state index is 13.6. The van der Waals surface area contributed by atoms with Crippen LogP contribution in [0.25, 0.3) is 0 Å². The molecule has 2 aliphatic heterocycles. The van der Waals surface area contributed by atoms with Gasteiger partial charge in [-0.1, -0.05) is 12.1 Å². The first-order valence-corrected chi connectivity index (χ1v) is 11.6. The molecule has 4 rings (SSSR count). The summed E-state index contributed by atoms with van der Waals surface area (Å²) in [6.07, 6.45) is 1.22. The van der Waals surface area contributed by atoms with Crippen LogP contribution >= 0.6 is 0 Å². The van der Waals surface area contributed by atoms with Crippen molar-refractivity contribution in [1.82, 2.24) is 4.90 Å². The number of benzene rings is 2. The third kappa shape index (κ3) is 5.12. The monoisotopic (exact) mass is 468 g/mol. The lowest BCUT2D eigenvalue weighted by Crippen LogP contribution is -2.50. The fraction of sp³-hybridized carbons (Fsp3) is 0.462. The zero-order valence-corrected chi connectivity index (χ0v) is 20.2. The minimum absolute atomic E-state index is 0.0158. The van der Waals surface area contributed by atoms with Crippen molar-refractivity contribution in [3.8, 4) is 17.2 Å². The highest BCUT2D eigenvalue weighted by atomic mass is 16.5. The lowest BCUT2D eigenvalue weighted by atomic mass is 10.1. The molecule has 2 amide bonds. The Balaban J connectivity index is 1.58. The van der Waals surface area contributed by atoms with Gasteiger partial charge in [0.1, 0.15) is 12.3 Å². The Morgan fingerprint density at radius 3 is 2.65 bits per heavy atom. The summed E-state index contributed by atoms with van der Waals surface area (Å²) < 4.78 is 22.3. The lowest BCUT2D eigenvalue weighted by Gasteiger charge is -2.34. The fourth-order valence-electron chi connectivity index (χ4n) is 4.40. The number of hydrogen-bond donors (Lipinski definition) is 0. The number of rotatable bonds is 8. The molecule has 2 atom stereocenters. The molecule has 0 aliphatic carbocycles. The molecule has 0 saturated carbocycles. The number of carbonyl (C=O) groups is 2. The molecular weight excluding hydrogens is 436 g/mol. The van der Waals surface area contributed by atoms with Gasteiger partial charge >= 0.3 is 0 Å². The Bertz CT molecular complexity index is 1050. The van der Waals surface area contributed by atoms with Crippen LogP contribution in [-0.4, -0.2) is 62.8 Å². The third-order valence-corrected chi connectivity index (χ3v) is 6.24. The van der Waals surface area contributed by atoms with E-state index in [1.54, 1.807) is 26.0 Å². The molecule has 2 aromatic rings. The van der Waals surface area contributed by atoms with Crippen molar-refractivity contribution < 1.29 is 28.5 Å². The van der Waals surface area contributed by atoms with E-state index in [1.807, 2.05) is 43.3 Å². The van der Waals surface area contributed by atoms with Gasteiger partial charge in [-0.05, 0) is 62.1 Å². The number of anilines is 1. The largest absolute Gasteiger partial charge is 0.493 e. The smallest absolute Gasteiger partial charge is 0.268 e. The molecule has 1 saturated heterocycles. The summed E-state index contributed by atoms with van der Waals surface area (Å²) in [4.78, 5) is 29.9. The number of methoxy groups -OCH3 is 2. The van der Waals surface area contributed by atoms with E-state index < -0.39 is 6.10 Å². The molecule has 8 heteroatoms. The van der Waals surface area contributed by atoms with Gasteiger partial charge in [-0.15, -0.1) is 0 Å². The van der Waals surface area contributed by atoms with Crippen LogP contribution in [0.4, 0.5) is 5.69 Å². The van der Waals surface area contributed by atoms with Gasteiger partial charge in [0.2, 0.25) is 5.91 Å². The summed E-state index contributed by atoms with van der Waals surface area (Å²) in [5, 5.41) is 0. The highest BCUT2D eigenvalue weighted by molar-refractivity contribution is 6.03. The van der Waals surface area contributed by atoms with Crippen molar-refractivity contribution in [2.75, 3.05) is 38.8 Å². The van der Waals surface area contributed by atoms with Crippen LogP contribution in [0.5, 0.6) is 17.2 Å². The number of carbonyl (C=O) groups excluding carboxylic acids is 2. The maximum absolute atomic E-state index is 13.6. The molecule has 34 heavy (non-hydrogen) atoms. The van der Waals surface area contributed by atoms with Gasteiger partial charge in [-0.2, -0.15) is 0 Å². The Morgan fingerprint density at radius 1 is 1.15 bits per heavy atom. The molecule has 1 fully saturated rings. The number of aryl methyl sites for hydroxylation is 1. The molecule has 182 valence electrons. The van der Waals surface area contributed by atoms with Gasteiger partial charge in [-0.25, -0.2) is 0 Å². The first-order valence-electron chi connectivity index (χ1n) is 11.6. The van der Waals surface area contributed by atoms with E-state index in [4.69, 9.17) is 18.9 Å². The molecule has 0 spiro atoms. The molecule has 0 unspecified atom stereocenters. The second-order valence-corrected chi connectivity index (χ2v) is 8.75. The number of ether oxygens (including phenoxy) is 4. The van der Waals surface area contributed by atoms with Crippen LogP contribution < -0.4 is 19.1 Å². The molecule has 2 aliphatic rings. The van der Waals surface area contributed by atoms with Crippen LogP contribution in [0, 0.1) is 6.92 Å². The highest BCUT2D eigenvalue weighted by Crippen LogP contribution is 2.35. The molecule has 0 aromatic heterocycles. The van der Waals surface area contributed by atoms with E-state index in [-0.39, 0.29) is 24.5 Å². The van der Waals surface area contributed by atoms with Crippen molar-refractivity contribution in [3.63, 3.8) is 0 Å². The molecule has 0 bridgehead atoms. The van der Waals surface area contributed by atoms with Gasteiger partial charge < -0.3 is 23.8 Å². The minimum atomic E-state index is -0.652. The maximum Gasteiger partial charge on any atom is 0.268 e. The summed E-state index contributed by atoms with van der Waals surface area (Å²) in [7, 11) is 3.17. The Hall–Kier alpha value is -3.26. The SMILES string of the molecule is COc1ccc(CN(C[C@H]2CCCO2)C(=O)CN2C(=O)[C@@H](C)Oc3ccc(C)cc32)cc1OC. The molecular formula is C26H32N2O6. The molecule has 8 nitrogen and oxygen atoms in total. The van der Waals surface area contributed by atoms with E-state index in [0.717, 1.165) is 24.0 Å². The van der Waals surface area contributed by atoms with Crippen LogP contribution in [0.1, 0.15) is 30.9 Å².